The highest BCUT2D eigenvalue weighted by Crippen LogP contribution is 2.57. The quantitative estimate of drug-likeness (QED) is 0.703. The Balaban J connectivity index is 5.03. The van der Waals surface area contributed by atoms with Gasteiger partial charge in [0.1, 0.15) is 0 Å². The second-order valence-corrected chi connectivity index (χ2v) is 8.50. The van der Waals surface area contributed by atoms with Crippen molar-refractivity contribution in [3.8, 4) is 0 Å². The first kappa shape index (κ1) is 17.1. The third-order valence-electron chi connectivity index (χ3n) is 1.16. The van der Waals surface area contributed by atoms with Crippen molar-refractivity contribution in [3.05, 3.63) is 0 Å². The second kappa shape index (κ2) is 5.00. The van der Waals surface area contributed by atoms with Gasteiger partial charge in [0.15, 0.2) is 0 Å². The summed E-state index contributed by atoms with van der Waals surface area (Å²) in [5.41, 5.74) is -1.77. The number of rotatable bonds is 3. The first-order valence-corrected chi connectivity index (χ1v) is 7.30. The Hall–Kier alpha value is 0.110. The zero-order valence-electron chi connectivity index (χ0n) is 12.6. The lowest BCUT2D eigenvalue weighted by atomic mass is 10.2. The van der Waals surface area contributed by atoms with Crippen LogP contribution >= 0.6 is 7.82 Å². The molecule has 0 fully saturated rings. The van der Waals surface area contributed by atoms with E-state index in [0.29, 0.717) is 0 Å². The van der Waals surface area contributed by atoms with Gasteiger partial charge >= 0.3 is 7.82 Å². The lowest BCUT2D eigenvalue weighted by molar-refractivity contribution is -0.0264. The summed E-state index contributed by atoms with van der Waals surface area (Å²) in [5, 5.41) is 0. The summed E-state index contributed by atoms with van der Waals surface area (Å²) >= 11 is 0. The van der Waals surface area contributed by atoms with E-state index in [1.807, 2.05) is 62.3 Å². The Morgan fingerprint density at radius 2 is 0.765 bits per heavy atom. The predicted octanol–water partition coefficient (Wildman–Crippen LogP) is 4.54. The minimum Gasteiger partial charge on any atom is -0.281 e. The summed E-state index contributed by atoms with van der Waals surface area (Å²) < 4.78 is 29.1. The Morgan fingerprint density at radius 3 is 0.882 bits per heavy atom. The summed E-state index contributed by atoms with van der Waals surface area (Å²) in [6.07, 6.45) is 0. The van der Waals surface area contributed by atoms with E-state index in [1.165, 1.54) is 0 Å². The molecule has 0 amide bonds. The van der Waals surface area contributed by atoms with Gasteiger partial charge in [-0.15, -0.1) is 0 Å². The molecular formula is C12H27O4P. The van der Waals surface area contributed by atoms with Crippen molar-refractivity contribution in [1.29, 1.82) is 0 Å². The van der Waals surface area contributed by atoms with Crippen molar-refractivity contribution in [3.63, 3.8) is 0 Å². The molecule has 0 N–H and O–H groups in total. The molecule has 0 aliphatic carbocycles. The first-order valence-electron chi connectivity index (χ1n) is 5.84. The zero-order valence-corrected chi connectivity index (χ0v) is 13.5. The van der Waals surface area contributed by atoms with E-state index in [9.17, 15) is 4.57 Å². The molecule has 0 heterocycles. The van der Waals surface area contributed by atoms with Crippen molar-refractivity contribution in [2.24, 2.45) is 0 Å². The molecule has 0 bridgehead atoms. The fourth-order valence-corrected chi connectivity index (χ4v) is 3.19. The molecule has 0 saturated heterocycles. The van der Waals surface area contributed by atoms with Gasteiger partial charge in [-0.2, -0.15) is 0 Å². The van der Waals surface area contributed by atoms with Crippen LogP contribution in [-0.2, 0) is 18.1 Å². The van der Waals surface area contributed by atoms with Gasteiger partial charge in [-0.25, -0.2) is 4.57 Å². The number of phosphoric acid groups is 1. The fourth-order valence-electron chi connectivity index (χ4n) is 1.06. The minimum absolute atomic E-state index is 0.591. The van der Waals surface area contributed by atoms with Gasteiger partial charge in [-0.3, -0.25) is 13.6 Å². The second-order valence-electron chi connectivity index (χ2n) is 7.06. The molecule has 104 valence electrons. The zero-order chi connectivity index (χ0) is 14.1. The molecule has 0 saturated carbocycles. The van der Waals surface area contributed by atoms with Crippen LogP contribution in [0.4, 0.5) is 0 Å². The lowest BCUT2D eigenvalue weighted by Gasteiger charge is -2.34. The molecule has 0 aromatic rings. The van der Waals surface area contributed by atoms with Crippen molar-refractivity contribution < 1.29 is 18.1 Å². The van der Waals surface area contributed by atoms with E-state index in [2.05, 4.69) is 0 Å². The Bertz CT molecular complexity index is 244. The van der Waals surface area contributed by atoms with Crippen LogP contribution in [0.25, 0.3) is 0 Å². The minimum atomic E-state index is -3.58. The number of hydrogen-bond acceptors (Lipinski definition) is 4. The predicted molar refractivity (Wildman–Crippen MR) is 70.1 cm³/mol. The molecule has 0 aromatic carbocycles. The molecule has 0 unspecified atom stereocenters. The molecule has 0 aliphatic heterocycles. The highest BCUT2D eigenvalue weighted by molar-refractivity contribution is 7.48. The molecule has 0 radical (unpaired) electrons. The molecular weight excluding hydrogens is 239 g/mol. The van der Waals surface area contributed by atoms with Crippen LogP contribution < -0.4 is 0 Å². The Labute approximate surface area is 106 Å². The molecule has 17 heavy (non-hydrogen) atoms. The highest BCUT2D eigenvalue weighted by atomic mass is 31.2. The van der Waals surface area contributed by atoms with Crippen LogP contribution in [0.15, 0.2) is 0 Å². The number of phosphoric ester groups is 1. The van der Waals surface area contributed by atoms with Gasteiger partial charge in [-0.1, -0.05) is 0 Å². The smallest absolute Gasteiger partial charge is 0.281 e. The Kier molecular flexibility index (Phi) is 5.04. The molecule has 0 aliphatic rings. The Morgan fingerprint density at radius 1 is 0.588 bits per heavy atom. The van der Waals surface area contributed by atoms with E-state index in [-0.39, 0.29) is 0 Å². The van der Waals surface area contributed by atoms with E-state index >= 15 is 0 Å². The van der Waals surface area contributed by atoms with Crippen LogP contribution in [0, 0.1) is 0 Å². The topological polar surface area (TPSA) is 44.8 Å². The van der Waals surface area contributed by atoms with Crippen molar-refractivity contribution in [2.75, 3.05) is 0 Å². The van der Waals surface area contributed by atoms with Crippen LogP contribution in [0.3, 0.4) is 0 Å². The van der Waals surface area contributed by atoms with Gasteiger partial charge in [0.05, 0.1) is 16.8 Å². The maximum Gasteiger partial charge on any atom is 0.476 e. The van der Waals surface area contributed by atoms with Gasteiger partial charge in [0, 0.05) is 0 Å². The van der Waals surface area contributed by atoms with E-state index in [0.717, 1.165) is 0 Å². The molecule has 0 rings (SSSR count). The number of hydrogen-bond donors (Lipinski definition) is 0. The van der Waals surface area contributed by atoms with Gasteiger partial charge in [0.25, 0.3) is 0 Å². The van der Waals surface area contributed by atoms with Crippen LogP contribution in [0.5, 0.6) is 0 Å². The maximum atomic E-state index is 12.6. The lowest BCUT2D eigenvalue weighted by Crippen LogP contribution is -2.28. The van der Waals surface area contributed by atoms with Crippen molar-refractivity contribution in [1.82, 2.24) is 0 Å². The van der Waals surface area contributed by atoms with Gasteiger partial charge in [-0.05, 0) is 62.3 Å². The van der Waals surface area contributed by atoms with E-state index in [1.54, 1.807) is 0 Å². The summed E-state index contributed by atoms with van der Waals surface area (Å²) in [7, 11) is -3.58. The summed E-state index contributed by atoms with van der Waals surface area (Å²) in [6, 6.07) is 0. The van der Waals surface area contributed by atoms with Crippen LogP contribution in [0.1, 0.15) is 62.3 Å². The van der Waals surface area contributed by atoms with Crippen LogP contribution in [0.2, 0.25) is 0 Å². The average Bonchev–Trinajstić information content (AvgIpc) is 1.65. The standard InChI is InChI=1S/C12H27O4P/c1-10(2,3)14-17(13,15-11(4,5)6)16-12(7,8)9/h1-9H3. The molecule has 5 heteroatoms. The molecule has 4 nitrogen and oxygen atoms in total. The third-order valence-corrected chi connectivity index (χ3v) is 3.47. The molecule has 0 aromatic heterocycles. The summed E-state index contributed by atoms with van der Waals surface area (Å²) in [5.74, 6) is 0. The first-order chi connectivity index (χ1) is 7.12. The normalized spacial score (nSPS) is 15.1. The summed E-state index contributed by atoms with van der Waals surface area (Å²) in [4.78, 5) is 0. The summed E-state index contributed by atoms with van der Waals surface area (Å²) in [6.45, 7) is 16.4. The third kappa shape index (κ3) is 9.78. The average molecular weight is 266 g/mol. The van der Waals surface area contributed by atoms with E-state index < -0.39 is 24.6 Å². The van der Waals surface area contributed by atoms with Crippen LogP contribution in [-0.4, -0.2) is 16.8 Å². The fraction of sp³-hybridized carbons (Fsp3) is 1.00. The van der Waals surface area contributed by atoms with Crippen molar-refractivity contribution in [2.45, 2.75) is 79.1 Å². The largest absolute Gasteiger partial charge is 0.476 e. The van der Waals surface area contributed by atoms with Gasteiger partial charge < -0.3 is 0 Å². The van der Waals surface area contributed by atoms with E-state index in [4.69, 9.17) is 13.6 Å². The molecule has 0 spiro atoms. The van der Waals surface area contributed by atoms with Gasteiger partial charge in [0.2, 0.25) is 0 Å². The highest BCUT2D eigenvalue weighted by Gasteiger charge is 2.40. The van der Waals surface area contributed by atoms with Crippen molar-refractivity contribution >= 4 is 7.82 Å². The monoisotopic (exact) mass is 266 g/mol. The SMILES string of the molecule is CC(C)(C)OP(=O)(OC(C)(C)C)OC(C)(C)C. The maximum absolute atomic E-state index is 12.6. The molecule has 0 atom stereocenters.